The zero-order valence-corrected chi connectivity index (χ0v) is 19.1. The van der Waals surface area contributed by atoms with Gasteiger partial charge in [-0.2, -0.15) is 0 Å². The van der Waals surface area contributed by atoms with Crippen molar-refractivity contribution in [2.45, 2.75) is 45.0 Å². The average molecular weight is 457 g/mol. The van der Waals surface area contributed by atoms with E-state index in [4.69, 9.17) is 16.3 Å². The normalized spacial score (nSPS) is 19.1. The van der Waals surface area contributed by atoms with Crippen molar-refractivity contribution in [1.29, 1.82) is 0 Å². The Morgan fingerprint density at radius 3 is 2.47 bits per heavy atom. The van der Waals surface area contributed by atoms with E-state index >= 15 is 0 Å². The number of nitrogens with zero attached hydrogens (tertiary/aromatic N) is 3. The fourth-order valence-corrected chi connectivity index (χ4v) is 3.97. The maximum atomic E-state index is 14.5. The van der Waals surface area contributed by atoms with E-state index in [1.807, 2.05) is 48.5 Å². The molecule has 1 saturated heterocycles. The summed E-state index contributed by atoms with van der Waals surface area (Å²) in [7, 11) is 0. The largest absolute Gasteiger partial charge is 0.444 e. The molecule has 168 valence electrons. The number of alkyl halides is 1. The number of likely N-dealkylation sites (tertiary alicyclic amines) is 1. The number of ether oxygens (including phenoxy) is 1. The maximum absolute atomic E-state index is 14.5. The first kappa shape index (κ1) is 22.3. The number of carbonyl (C=O) groups is 1. The number of benzene rings is 2. The van der Waals surface area contributed by atoms with Crippen LogP contribution >= 0.6 is 11.6 Å². The van der Waals surface area contributed by atoms with Crippen LogP contribution in [0.2, 0.25) is 5.02 Å². The summed E-state index contributed by atoms with van der Waals surface area (Å²) in [5, 5.41) is 14.6. The lowest BCUT2D eigenvalue weighted by atomic mass is 10.0. The maximum Gasteiger partial charge on any atom is 0.410 e. The molecule has 1 aliphatic rings. The van der Waals surface area contributed by atoms with Crippen molar-refractivity contribution >= 4 is 34.3 Å². The van der Waals surface area contributed by atoms with Gasteiger partial charge in [0.25, 0.3) is 0 Å². The van der Waals surface area contributed by atoms with Crippen molar-refractivity contribution in [3.63, 3.8) is 0 Å². The molecular weight excluding hydrogens is 431 g/mol. The van der Waals surface area contributed by atoms with Crippen LogP contribution in [0.1, 0.15) is 27.2 Å². The molecule has 0 spiro atoms. The van der Waals surface area contributed by atoms with Crippen molar-refractivity contribution in [2.75, 3.05) is 18.4 Å². The number of hydrogen-bond donors (Lipinski definition) is 1. The average Bonchev–Trinajstić information content (AvgIpc) is 2.73. The minimum absolute atomic E-state index is 0.0228. The highest BCUT2D eigenvalue weighted by molar-refractivity contribution is 6.30. The first-order valence-corrected chi connectivity index (χ1v) is 11.0. The fourth-order valence-electron chi connectivity index (χ4n) is 3.84. The Balaban J connectivity index is 1.60. The molecule has 0 aliphatic carbocycles. The van der Waals surface area contributed by atoms with Crippen LogP contribution in [0.4, 0.5) is 15.0 Å². The smallest absolute Gasteiger partial charge is 0.410 e. The Morgan fingerprint density at radius 2 is 1.78 bits per heavy atom. The number of fused-ring (bicyclic) bond motifs is 1. The number of hydrogen-bond acceptors (Lipinski definition) is 5. The van der Waals surface area contributed by atoms with E-state index in [2.05, 4.69) is 15.5 Å². The van der Waals surface area contributed by atoms with Crippen LogP contribution in [0.3, 0.4) is 0 Å². The number of nitrogens with one attached hydrogen (secondary N) is 1. The zero-order valence-electron chi connectivity index (χ0n) is 18.3. The number of piperidine rings is 1. The molecule has 2 atom stereocenters. The minimum Gasteiger partial charge on any atom is -0.444 e. The highest BCUT2D eigenvalue weighted by atomic mass is 35.5. The van der Waals surface area contributed by atoms with Gasteiger partial charge in [0.2, 0.25) is 0 Å². The Kier molecular flexibility index (Phi) is 6.20. The molecule has 4 rings (SSSR count). The molecule has 0 radical (unpaired) electrons. The van der Waals surface area contributed by atoms with Crippen LogP contribution in [0.5, 0.6) is 0 Å². The van der Waals surface area contributed by atoms with Gasteiger partial charge in [-0.25, -0.2) is 9.18 Å². The molecule has 1 fully saturated rings. The minimum atomic E-state index is -1.15. The summed E-state index contributed by atoms with van der Waals surface area (Å²) in [5.74, 6) is 0.557. The second-order valence-corrected chi connectivity index (χ2v) is 9.45. The van der Waals surface area contributed by atoms with Crippen LogP contribution in [-0.4, -0.2) is 52.1 Å². The Morgan fingerprint density at radius 1 is 1.09 bits per heavy atom. The van der Waals surface area contributed by atoms with Gasteiger partial charge in [-0.05, 0) is 32.9 Å². The van der Waals surface area contributed by atoms with Gasteiger partial charge in [0.15, 0.2) is 5.82 Å². The zero-order chi connectivity index (χ0) is 22.9. The highest BCUT2D eigenvalue weighted by Gasteiger charge is 2.33. The standard InChI is InChI=1S/C24H26ClFN4O2/c1-24(2,3)32-23(31)30-13-17(26)12-18(14-30)27-22-20-7-5-4-6-19(20)21(28-29-22)15-8-10-16(25)11-9-15/h4-11,17-18H,12-14H2,1-3H3,(H,27,29)/t17-,18+/m0/s1. The van der Waals surface area contributed by atoms with E-state index in [1.54, 1.807) is 20.8 Å². The van der Waals surface area contributed by atoms with Crippen molar-refractivity contribution in [3.8, 4) is 11.3 Å². The quantitative estimate of drug-likeness (QED) is 0.546. The molecule has 32 heavy (non-hydrogen) atoms. The van der Waals surface area contributed by atoms with Gasteiger partial charge in [-0.1, -0.05) is 48.0 Å². The molecule has 2 heterocycles. The second-order valence-electron chi connectivity index (χ2n) is 9.01. The van der Waals surface area contributed by atoms with Crippen LogP contribution in [0.15, 0.2) is 48.5 Å². The molecule has 6 nitrogen and oxygen atoms in total. The third-order valence-electron chi connectivity index (χ3n) is 5.20. The monoisotopic (exact) mass is 456 g/mol. The predicted octanol–water partition coefficient (Wildman–Crippen LogP) is 5.71. The third-order valence-corrected chi connectivity index (χ3v) is 5.45. The molecule has 1 aromatic heterocycles. The molecule has 0 unspecified atom stereocenters. The van der Waals surface area contributed by atoms with Gasteiger partial charge >= 0.3 is 6.09 Å². The lowest BCUT2D eigenvalue weighted by molar-refractivity contribution is 0.0124. The van der Waals surface area contributed by atoms with Gasteiger partial charge in [-0.3, -0.25) is 0 Å². The summed E-state index contributed by atoms with van der Waals surface area (Å²) < 4.78 is 19.9. The van der Waals surface area contributed by atoms with E-state index in [-0.39, 0.29) is 19.0 Å². The lowest BCUT2D eigenvalue weighted by Crippen LogP contribution is -2.51. The summed E-state index contributed by atoms with van der Waals surface area (Å²) in [6.07, 6.45) is -1.39. The number of halogens is 2. The number of amides is 1. The topological polar surface area (TPSA) is 67.3 Å². The number of rotatable bonds is 3. The first-order chi connectivity index (χ1) is 15.2. The molecule has 0 saturated carbocycles. The van der Waals surface area contributed by atoms with Crippen LogP contribution in [0.25, 0.3) is 22.0 Å². The van der Waals surface area contributed by atoms with Crippen LogP contribution in [-0.2, 0) is 4.74 Å². The van der Waals surface area contributed by atoms with Crippen molar-refractivity contribution in [3.05, 3.63) is 53.6 Å². The van der Waals surface area contributed by atoms with Crippen LogP contribution in [0, 0.1) is 0 Å². The fraction of sp³-hybridized carbons (Fsp3) is 0.375. The summed E-state index contributed by atoms with van der Waals surface area (Å²) in [6.45, 7) is 5.73. The van der Waals surface area contributed by atoms with E-state index in [0.29, 0.717) is 17.4 Å². The molecule has 0 bridgehead atoms. The van der Waals surface area contributed by atoms with E-state index in [9.17, 15) is 9.18 Å². The SMILES string of the molecule is CC(C)(C)OC(=O)N1C[C@@H](F)C[C@@H](Nc2nnc(-c3ccc(Cl)cc3)c3ccccc23)C1. The lowest BCUT2D eigenvalue weighted by Gasteiger charge is -2.36. The predicted molar refractivity (Wildman–Crippen MR) is 125 cm³/mol. The molecular formula is C24H26ClFN4O2. The number of aromatic nitrogens is 2. The van der Waals surface area contributed by atoms with E-state index in [0.717, 1.165) is 22.0 Å². The molecule has 3 aromatic rings. The Hall–Kier alpha value is -2.93. The van der Waals surface area contributed by atoms with Gasteiger partial charge in [0, 0.05) is 40.4 Å². The van der Waals surface area contributed by atoms with E-state index < -0.39 is 17.9 Å². The summed E-state index contributed by atoms with van der Waals surface area (Å²) in [4.78, 5) is 13.9. The van der Waals surface area contributed by atoms with Crippen LogP contribution < -0.4 is 5.32 Å². The first-order valence-electron chi connectivity index (χ1n) is 10.6. The number of carbonyl (C=O) groups excluding carboxylic acids is 1. The molecule has 2 aromatic carbocycles. The highest BCUT2D eigenvalue weighted by Crippen LogP contribution is 2.31. The second kappa shape index (κ2) is 8.90. The van der Waals surface area contributed by atoms with Gasteiger partial charge in [0.1, 0.15) is 17.5 Å². The third kappa shape index (κ3) is 5.10. The Labute approximate surface area is 191 Å². The summed E-state index contributed by atoms with van der Waals surface area (Å²) in [5.41, 5.74) is 1.01. The summed E-state index contributed by atoms with van der Waals surface area (Å²) in [6, 6.07) is 14.9. The van der Waals surface area contributed by atoms with Crippen molar-refractivity contribution in [2.24, 2.45) is 0 Å². The van der Waals surface area contributed by atoms with Crippen molar-refractivity contribution < 1.29 is 13.9 Å². The molecule has 8 heteroatoms. The molecule has 1 N–H and O–H groups in total. The summed E-state index contributed by atoms with van der Waals surface area (Å²) >= 11 is 6.02. The van der Waals surface area contributed by atoms with Gasteiger partial charge in [0.05, 0.1) is 6.54 Å². The molecule has 1 aliphatic heterocycles. The van der Waals surface area contributed by atoms with Gasteiger partial charge in [-0.15, -0.1) is 10.2 Å². The van der Waals surface area contributed by atoms with Gasteiger partial charge < -0.3 is 15.0 Å². The molecule has 1 amide bonds. The van der Waals surface area contributed by atoms with Crippen molar-refractivity contribution in [1.82, 2.24) is 15.1 Å². The number of anilines is 1. The van der Waals surface area contributed by atoms with E-state index in [1.165, 1.54) is 4.90 Å². The Bertz CT molecular complexity index is 1120.